The molecule has 0 aromatic heterocycles. The zero-order chi connectivity index (χ0) is 19.7. The predicted octanol–water partition coefficient (Wildman–Crippen LogP) is 5.14. The minimum absolute atomic E-state index is 0.261. The van der Waals surface area contributed by atoms with Crippen molar-refractivity contribution in [2.45, 2.75) is 24.9 Å². The molecule has 144 valence electrons. The number of carboxylic acids is 1. The van der Waals surface area contributed by atoms with E-state index in [1.165, 1.54) is 0 Å². The summed E-state index contributed by atoms with van der Waals surface area (Å²) >= 11 is 6.34. The molecule has 0 radical (unpaired) electrons. The average molecular weight is 396 g/mol. The van der Waals surface area contributed by atoms with Crippen molar-refractivity contribution in [3.05, 3.63) is 76.8 Å². The lowest BCUT2D eigenvalue weighted by Gasteiger charge is -2.33. The van der Waals surface area contributed by atoms with Crippen LogP contribution in [0.3, 0.4) is 0 Å². The second-order valence-corrected chi connectivity index (χ2v) is 7.53. The Bertz CT molecular complexity index is 1010. The van der Waals surface area contributed by atoms with Gasteiger partial charge in [-0.2, -0.15) is 0 Å². The van der Waals surface area contributed by atoms with Gasteiger partial charge in [0, 0.05) is 17.1 Å². The van der Waals surface area contributed by atoms with Gasteiger partial charge in [-0.15, -0.1) is 0 Å². The zero-order valence-corrected chi connectivity index (χ0v) is 16.4. The summed E-state index contributed by atoms with van der Waals surface area (Å²) in [5.41, 5.74) is 1.95. The van der Waals surface area contributed by atoms with Crippen LogP contribution in [-0.4, -0.2) is 35.7 Å². The van der Waals surface area contributed by atoms with Gasteiger partial charge in [-0.25, -0.2) is 0 Å². The molecule has 1 aliphatic rings. The smallest absolute Gasteiger partial charge is 0.320 e. The average Bonchev–Trinajstić information content (AvgIpc) is 3.18. The molecule has 3 aromatic carbocycles. The Morgan fingerprint density at radius 3 is 2.71 bits per heavy atom. The van der Waals surface area contributed by atoms with Crippen molar-refractivity contribution in [1.29, 1.82) is 0 Å². The minimum atomic E-state index is -0.788. The lowest BCUT2D eigenvalue weighted by molar-refractivity contribution is -0.142. The number of carboxylic acid groups (broad SMARTS) is 1. The van der Waals surface area contributed by atoms with E-state index in [1.807, 2.05) is 30.3 Å². The summed E-state index contributed by atoms with van der Waals surface area (Å²) in [7, 11) is 1.63. The monoisotopic (exact) mass is 395 g/mol. The summed E-state index contributed by atoms with van der Waals surface area (Å²) in [5, 5.41) is 12.7. The number of methoxy groups -OCH3 is 1. The molecule has 3 aromatic rings. The van der Waals surface area contributed by atoms with Crippen LogP contribution in [0.4, 0.5) is 0 Å². The number of hydrogen-bond acceptors (Lipinski definition) is 3. The number of hydrogen-bond donors (Lipinski definition) is 1. The highest BCUT2D eigenvalue weighted by Gasteiger charge is 2.38. The summed E-state index contributed by atoms with van der Waals surface area (Å²) in [5.74, 6) is -0.0814. The van der Waals surface area contributed by atoms with Crippen LogP contribution in [0.15, 0.2) is 60.7 Å². The maximum Gasteiger partial charge on any atom is 0.320 e. The summed E-state index contributed by atoms with van der Waals surface area (Å²) < 4.78 is 5.64. The van der Waals surface area contributed by atoms with Crippen LogP contribution in [0.5, 0.6) is 5.75 Å². The number of rotatable bonds is 5. The summed E-state index contributed by atoms with van der Waals surface area (Å²) in [6.45, 7) is 0.709. The molecule has 1 saturated heterocycles. The Kier molecular flexibility index (Phi) is 5.25. The van der Waals surface area contributed by atoms with Crippen LogP contribution in [-0.2, 0) is 4.79 Å². The van der Waals surface area contributed by atoms with Gasteiger partial charge in [0.05, 0.1) is 13.2 Å². The van der Waals surface area contributed by atoms with E-state index >= 15 is 0 Å². The first-order valence-corrected chi connectivity index (χ1v) is 9.77. The molecule has 2 atom stereocenters. The number of fused-ring (bicyclic) bond motifs is 1. The molecule has 1 aliphatic heterocycles. The molecular formula is C23H22ClNO3. The molecule has 0 aliphatic carbocycles. The normalized spacial score (nSPS) is 18.3. The highest BCUT2D eigenvalue weighted by atomic mass is 35.5. The van der Waals surface area contributed by atoms with E-state index < -0.39 is 12.0 Å². The van der Waals surface area contributed by atoms with Gasteiger partial charge in [0.2, 0.25) is 0 Å². The van der Waals surface area contributed by atoms with Gasteiger partial charge in [-0.05, 0) is 47.4 Å². The van der Waals surface area contributed by atoms with E-state index in [0.29, 0.717) is 23.7 Å². The molecule has 2 unspecified atom stereocenters. The van der Waals surface area contributed by atoms with Gasteiger partial charge in [0.25, 0.3) is 0 Å². The number of carbonyl (C=O) groups is 1. The number of halogens is 1. The van der Waals surface area contributed by atoms with Crippen molar-refractivity contribution < 1.29 is 14.6 Å². The fourth-order valence-electron chi connectivity index (χ4n) is 4.30. The summed E-state index contributed by atoms with van der Waals surface area (Å²) in [4.78, 5) is 14.0. The number of benzene rings is 3. The topological polar surface area (TPSA) is 49.8 Å². The van der Waals surface area contributed by atoms with Crippen molar-refractivity contribution in [3.63, 3.8) is 0 Å². The first-order valence-electron chi connectivity index (χ1n) is 9.40. The third kappa shape index (κ3) is 3.34. The molecule has 0 bridgehead atoms. The molecule has 1 fully saturated rings. The van der Waals surface area contributed by atoms with E-state index in [2.05, 4.69) is 29.2 Å². The van der Waals surface area contributed by atoms with Crippen molar-refractivity contribution in [2.24, 2.45) is 0 Å². The van der Waals surface area contributed by atoms with Gasteiger partial charge >= 0.3 is 5.97 Å². The minimum Gasteiger partial charge on any atom is -0.496 e. The van der Waals surface area contributed by atoms with Crippen molar-refractivity contribution in [3.8, 4) is 5.75 Å². The van der Waals surface area contributed by atoms with E-state index in [-0.39, 0.29) is 6.04 Å². The third-order valence-electron chi connectivity index (χ3n) is 5.52. The van der Waals surface area contributed by atoms with Crippen LogP contribution < -0.4 is 4.74 Å². The Hall–Kier alpha value is -2.56. The number of aliphatic carboxylic acids is 1. The molecule has 4 nitrogen and oxygen atoms in total. The number of ether oxygens (including phenoxy) is 1. The van der Waals surface area contributed by atoms with Crippen molar-refractivity contribution >= 4 is 28.3 Å². The molecule has 0 saturated carbocycles. The fraction of sp³-hybridized carbons (Fsp3) is 0.261. The largest absolute Gasteiger partial charge is 0.496 e. The highest BCUT2D eigenvalue weighted by Crippen LogP contribution is 2.42. The van der Waals surface area contributed by atoms with E-state index in [9.17, 15) is 9.90 Å². The third-order valence-corrected chi connectivity index (χ3v) is 5.75. The molecule has 1 N–H and O–H groups in total. The maximum atomic E-state index is 12.0. The molecule has 0 spiro atoms. The van der Waals surface area contributed by atoms with Gasteiger partial charge in [0.1, 0.15) is 11.8 Å². The molecular weight excluding hydrogens is 374 g/mol. The summed E-state index contributed by atoms with van der Waals surface area (Å²) in [6.07, 6.45) is 1.49. The quantitative estimate of drug-likeness (QED) is 0.649. The Morgan fingerprint density at radius 2 is 1.93 bits per heavy atom. The van der Waals surface area contributed by atoms with E-state index in [4.69, 9.17) is 16.3 Å². The Labute approximate surface area is 169 Å². The fourth-order valence-corrected chi connectivity index (χ4v) is 4.48. The molecule has 1 heterocycles. The van der Waals surface area contributed by atoms with Gasteiger partial charge in [0.15, 0.2) is 0 Å². The lowest BCUT2D eigenvalue weighted by atomic mass is 9.91. The molecule has 28 heavy (non-hydrogen) atoms. The number of nitrogens with zero attached hydrogens (tertiary/aromatic N) is 1. The second kappa shape index (κ2) is 7.82. The Balaban J connectivity index is 1.97. The van der Waals surface area contributed by atoms with Crippen LogP contribution in [0.2, 0.25) is 5.02 Å². The van der Waals surface area contributed by atoms with Crippen LogP contribution >= 0.6 is 11.6 Å². The Morgan fingerprint density at radius 1 is 1.14 bits per heavy atom. The highest BCUT2D eigenvalue weighted by molar-refractivity contribution is 6.30. The van der Waals surface area contributed by atoms with Gasteiger partial charge in [-0.3, -0.25) is 9.69 Å². The predicted molar refractivity (Wildman–Crippen MR) is 111 cm³/mol. The van der Waals surface area contributed by atoms with Gasteiger partial charge in [-0.1, -0.05) is 54.1 Å². The first-order chi connectivity index (χ1) is 13.6. The standard InChI is InChI=1S/C23H22ClNO3/c1-28-21-12-11-16(24)14-19(21)22(25-13-5-10-20(25)23(26)27)18-9-4-7-15-6-2-3-8-17(15)18/h2-4,6-9,11-12,14,20,22H,5,10,13H2,1H3,(H,26,27). The molecule has 5 heteroatoms. The van der Waals surface area contributed by atoms with Crippen LogP contribution in [0, 0.1) is 0 Å². The van der Waals surface area contributed by atoms with E-state index in [1.54, 1.807) is 13.2 Å². The lowest BCUT2D eigenvalue weighted by Crippen LogP contribution is -2.39. The second-order valence-electron chi connectivity index (χ2n) is 7.09. The van der Waals surface area contributed by atoms with Crippen LogP contribution in [0.1, 0.15) is 30.0 Å². The SMILES string of the molecule is COc1ccc(Cl)cc1C(c1cccc2ccccc12)N1CCCC1C(=O)O. The first kappa shape index (κ1) is 18.8. The zero-order valence-electron chi connectivity index (χ0n) is 15.6. The van der Waals surface area contributed by atoms with Crippen LogP contribution in [0.25, 0.3) is 10.8 Å². The molecule has 4 rings (SSSR count). The molecule has 0 amide bonds. The van der Waals surface area contributed by atoms with Crippen molar-refractivity contribution in [1.82, 2.24) is 4.90 Å². The number of likely N-dealkylation sites (tertiary alicyclic amines) is 1. The van der Waals surface area contributed by atoms with Gasteiger partial charge < -0.3 is 9.84 Å². The maximum absolute atomic E-state index is 12.0. The van der Waals surface area contributed by atoms with Crippen molar-refractivity contribution in [2.75, 3.05) is 13.7 Å². The van der Waals surface area contributed by atoms with E-state index in [0.717, 1.165) is 28.3 Å². The summed E-state index contributed by atoms with van der Waals surface area (Å²) in [6, 6.07) is 19.1.